The Labute approximate surface area is 186 Å². The summed E-state index contributed by atoms with van der Waals surface area (Å²) in [6.45, 7) is 3.89. The molecule has 2 aromatic carbocycles. The van der Waals surface area contributed by atoms with Crippen LogP contribution in [0.4, 0.5) is 11.4 Å². The van der Waals surface area contributed by atoms with Crippen molar-refractivity contribution < 1.29 is 14.2 Å². The summed E-state index contributed by atoms with van der Waals surface area (Å²) in [7, 11) is 3.15. The minimum absolute atomic E-state index is 0.424. The highest BCUT2D eigenvalue weighted by Crippen LogP contribution is 2.37. The van der Waals surface area contributed by atoms with Gasteiger partial charge < -0.3 is 19.5 Å². The van der Waals surface area contributed by atoms with E-state index in [2.05, 4.69) is 21.4 Å². The lowest BCUT2D eigenvalue weighted by molar-refractivity contribution is 0.356. The monoisotopic (exact) mass is 426 g/mol. The molecule has 4 aromatic rings. The number of hydrogen-bond donors (Lipinski definition) is 1. The molecular formula is C25H22N4O3. The Morgan fingerprint density at radius 1 is 0.875 bits per heavy atom. The van der Waals surface area contributed by atoms with E-state index in [0.29, 0.717) is 34.0 Å². The Kier molecular flexibility index (Phi) is 5.77. The Hall–Kier alpha value is -4.31. The highest BCUT2D eigenvalue weighted by molar-refractivity contribution is 5.97. The predicted octanol–water partition coefficient (Wildman–Crippen LogP) is 5.67. The normalized spacial score (nSPS) is 10.5. The van der Waals surface area contributed by atoms with E-state index in [0.717, 1.165) is 28.1 Å². The Morgan fingerprint density at radius 3 is 2.31 bits per heavy atom. The van der Waals surface area contributed by atoms with Crippen LogP contribution in [0, 0.1) is 25.2 Å². The van der Waals surface area contributed by atoms with Gasteiger partial charge in [0.2, 0.25) is 0 Å². The first-order valence-electron chi connectivity index (χ1n) is 9.95. The largest absolute Gasteiger partial charge is 0.493 e. The third-order valence-electron chi connectivity index (χ3n) is 5.05. The number of nitrogens with zero attached hydrogens (tertiary/aromatic N) is 3. The predicted molar refractivity (Wildman–Crippen MR) is 123 cm³/mol. The van der Waals surface area contributed by atoms with Crippen molar-refractivity contribution >= 4 is 22.3 Å². The van der Waals surface area contributed by atoms with E-state index < -0.39 is 0 Å². The minimum atomic E-state index is 0.424. The molecule has 0 unspecified atom stereocenters. The Morgan fingerprint density at radius 2 is 1.66 bits per heavy atom. The fraction of sp³-hybridized carbons (Fsp3) is 0.160. The van der Waals surface area contributed by atoms with Crippen LogP contribution in [0.3, 0.4) is 0 Å². The van der Waals surface area contributed by atoms with Gasteiger partial charge in [0.15, 0.2) is 11.5 Å². The number of methoxy groups -OCH3 is 2. The summed E-state index contributed by atoms with van der Waals surface area (Å²) in [6.07, 6.45) is 3.25. The standard InChI is InChI=1S/C25H22N4O3/c1-15-9-18(6-8-22(15)32-19-7-5-16(2)27-14-19)29-25-17(12-26)13-28-21-11-24(31-4)23(30-3)10-20(21)25/h5-11,13-14H,1-4H3,(H,28,29). The maximum Gasteiger partial charge on any atom is 0.162 e. The van der Waals surface area contributed by atoms with Crippen LogP contribution in [0.15, 0.2) is 54.9 Å². The number of benzene rings is 2. The summed E-state index contributed by atoms with van der Waals surface area (Å²) in [5.74, 6) is 2.54. The average molecular weight is 426 g/mol. The van der Waals surface area contributed by atoms with Crippen LogP contribution < -0.4 is 19.5 Å². The lowest BCUT2D eigenvalue weighted by atomic mass is 10.1. The fourth-order valence-corrected chi connectivity index (χ4v) is 3.37. The van der Waals surface area contributed by atoms with Gasteiger partial charge in [0, 0.05) is 29.0 Å². The van der Waals surface area contributed by atoms with Crippen LogP contribution in [0.25, 0.3) is 10.9 Å². The van der Waals surface area contributed by atoms with Crippen molar-refractivity contribution in [2.75, 3.05) is 19.5 Å². The van der Waals surface area contributed by atoms with E-state index in [1.807, 2.05) is 50.2 Å². The molecule has 0 atom stereocenters. The molecule has 0 saturated heterocycles. The molecule has 0 radical (unpaired) electrons. The van der Waals surface area contributed by atoms with Gasteiger partial charge in [0.1, 0.15) is 17.6 Å². The molecule has 0 fully saturated rings. The van der Waals surface area contributed by atoms with E-state index in [-0.39, 0.29) is 0 Å². The van der Waals surface area contributed by atoms with Gasteiger partial charge in [0.25, 0.3) is 0 Å². The van der Waals surface area contributed by atoms with Crippen molar-refractivity contribution in [3.8, 4) is 29.1 Å². The summed E-state index contributed by atoms with van der Waals surface area (Å²) < 4.78 is 16.8. The molecule has 32 heavy (non-hydrogen) atoms. The van der Waals surface area contributed by atoms with Gasteiger partial charge in [-0.1, -0.05) is 0 Å². The molecule has 4 rings (SSSR count). The number of hydrogen-bond acceptors (Lipinski definition) is 7. The SMILES string of the molecule is COc1cc2ncc(C#N)c(Nc3ccc(Oc4ccc(C)nc4)c(C)c3)c2cc1OC. The minimum Gasteiger partial charge on any atom is -0.493 e. The zero-order valence-electron chi connectivity index (χ0n) is 18.3. The number of aryl methyl sites for hydroxylation is 2. The first-order valence-corrected chi connectivity index (χ1v) is 9.95. The average Bonchev–Trinajstić information content (AvgIpc) is 2.81. The van der Waals surface area contributed by atoms with Gasteiger partial charge in [-0.2, -0.15) is 5.26 Å². The molecule has 0 bridgehead atoms. The lowest BCUT2D eigenvalue weighted by Crippen LogP contribution is -1.99. The van der Waals surface area contributed by atoms with E-state index in [1.165, 1.54) is 0 Å². The number of ether oxygens (including phenoxy) is 3. The number of fused-ring (bicyclic) bond motifs is 1. The van der Waals surface area contributed by atoms with Gasteiger partial charge in [-0.15, -0.1) is 0 Å². The topological polar surface area (TPSA) is 89.3 Å². The summed E-state index contributed by atoms with van der Waals surface area (Å²) in [5.41, 5.74) is 4.44. The quantitative estimate of drug-likeness (QED) is 0.425. The molecular weight excluding hydrogens is 404 g/mol. The van der Waals surface area contributed by atoms with Crippen LogP contribution in [-0.2, 0) is 0 Å². The highest BCUT2D eigenvalue weighted by Gasteiger charge is 2.14. The smallest absolute Gasteiger partial charge is 0.162 e. The molecule has 7 nitrogen and oxygen atoms in total. The second kappa shape index (κ2) is 8.82. The maximum absolute atomic E-state index is 9.65. The molecule has 1 N–H and O–H groups in total. The van der Waals surface area contributed by atoms with E-state index in [9.17, 15) is 5.26 Å². The lowest BCUT2D eigenvalue weighted by Gasteiger charge is -2.15. The third-order valence-corrected chi connectivity index (χ3v) is 5.05. The van der Waals surface area contributed by atoms with Crippen LogP contribution in [0.2, 0.25) is 0 Å². The van der Waals surface area contributed by atoms with Crippen molar-refractivity contribution in [1.82, 2.24) is 9.97 Å². The van der Waals surface area contributed by atoms with Gasteiger partial charge in [0.05, 0.1) is 37.2 Å². The third kappa shape index (κ3) is 4.12. The molecule has 0 aliphatic rings. The summed E-state index contributed by atoms with van der Waals surface area (Å²) in [4.78, 5) is 8.66. The Bertz CT molecular complexity index is 1330. The van der Waals surface area contributed by atoms with Gasteiger partial charge in [-0.25, -0.2) is 0 Å². The molecule has 0 spiro atoms. The van der Waals surface area contributed by atoms with Crippen LogP contribution in [-0.4, -0.2) is 24.2 Å². The second-order valence-corrected chi connectivity index (χ2v) is 7.23. The van der Waals surface area contributed by atoms with Crippen molar-refractivity contribution in [1.29, 1.82) is 5.26 Å². The Balaban J connectivity index is 1.70. The first kappa shape index (κ1) is 20.9. The molecule has 0 aliphatic heterocycles. The number of pyridine rings is 2. The van der Waals surface area contributed by atoms with E-state index in [1.54, 1.807) is 32.7 Å². The molecule has 0 amide bonds. The molecule has 7 heteroatoms. The zero-order valence-corrected chi connectivity index (χ0v) is 18.3. The first-order chi connectivity index (χ1) is 15.5. The highest BCUT2D eigenvalue weighted by atomic mass is 16.5. The molecule has 2 heterocycles. The maximum atomic E-state index is 9.65. The van der Waals surface area contributed by atoms with Gasteiger partial charge >= 0.3 is 0 Å². The van der Waals surface area contributed by atoms with Crippen LogP contribution >= 0.6 is 0 Å². The van der Waals surface area contributed by atoms with Crippen molar-refractivity contribution in [3.05, 3.63) is 71.7 Å². The summed E-state index contributed by atoms with van der Waals surface area (Å²) in [5, 5.41) is 13.8. The number of nitriles is 1. The number of rotatable bonds is 6. The van der Waals surface area contributed by atoms with Crippen molar-refractivity contribution in [3.63, 3.8) is 0 Å². The van der Waals surface area contributed by atoms with E-state index >= 15 is 0 Å². The molecule has 2 aromatic heterocycles. The summed E-state index contributed by atoms with van der Waals surface area (Å²) in [6, 6.07) is 15.4. The zero-order chi connectivity index (χ0) is 22.7. The van der Waals surface area contributed by atoms with Crippen molar-refractivity contribution in [2.24, 2.45) is 0 Å². The summed E-state index contributed by atoms with van der Waals surface area (Å²) >= 11 is 0. The van der Waals surface area contributed by atoms with Crippen LogP contribution in [0.1, 0.15) is 16.8 Å². The molecule has 160 valence electrons. The molecule has 0 aliphatic carbocycles. The van der Waals surface area contributed by atoms with Gasteiger partial charge in [-0.05, 0) is 55.8 Å². The van der Waals surface area contributed by atoms with Gasteiger partial charge in [-0.3, -0.25) is 9.97 Å². The number of anilines is 2. The fourth-order valence-electron chi connectivity index (χ4n) is 3.37. The number of nitrogens with one attached hydrogen (secondary N) is 1. The van der Waals surface area contributed by atoms with Crippen molar-refractivity contribution in [2.45, 2.75) is 13.8 Å². The van der Waals surface area contributed by atoms with E-state index in [4.69, 9.17) is 14.2 Å². The van der Waals surface area contributed by atoms with Crippen LogP contribution in [0.5, 0.6) is 23.0 Å². The number of aromatic nitrogens is 2. The molecule has 0 saturated carbocycles. The second-order valence-electron chi connectivity index (χ2n) is 7.23.